The second-order valence-electron chi connectivity index (χ2n) is 7.17. The van der Waals surface area contributed by atoms with Crippen LogP contribution in [0.3, 0.4) is 0 Å². The van der Waals surface area contributed by atoms with Crippen molar-refractivity contribution in [3.05, 3.63) is 114 Å². The van der Waals surface area contributed by atoms with Gasteiger partial charge in [-0.3, -0.25) is 0 Å². The molecule has 1 aliphatic rings. The predicted molar refractivity (Wildman–Crippen MR) is 122 cm³/mol. The Balaban J connectivity index is 1.94. The highest BCUT2D eigenvalue weighted by Crippen LogP contribution is 2.47. The lowest BCUT2D eigenvalue weighted by molar-refractivity contribution is 0.163. The molecule has 5 rings (SSSR count). The Morgan fingerprint density at radius 3 is 2.07 bits per heavy atom. The van der Waals surface area contributed by atoms with Gasteiger partial charge in [-0.15, -0.1) is 0 Å². The molecule has 4 aromatic rings. The van der Waals surface area contributed by atoms with E-state index in [4.69, 9.17) is 4.74 Å². The summed E-state index contributed by atoms with van der Waals surface area (Å²) < 4.78 is 5.52. The van der Waals surface area contributed by atoms with Gasteiger partial charge in [0.2, 0.25) is 0 Å². The molecule has 0 atom stereocenters. The Morgan fingerprint density at radius 1 is 0.767 bits per heavy atom. The third-order valence-electron chi connectivity index (χ3n) is 5.41. The van der Waals surface area contributed by atoms with Crippen LogP contribution in [0.4, 0.5) is 10.5 Å². The highest BCUT2D eigenvalue weighted by Gasteiger charge is 2.33. The van der Waals surface area contributed by atoms with Crippen LogP contribution in [0.2, 0.25) is 0 Å². The van der Waals surface area contributed by atoms with Gasteiger partial charge in [-0.05, 0) is 35.1 Å². The average molecular weight is 391 g/mol. The van der Waals surface area contributed by atoms with Gasteiger partial charge in [0.25, 0.3) is 0 Å². The summed E-state index contributed by atoms with van der Waals surface area (Å²) in [6.07, 6.45) is -0.369. The Morgan fingerprint density at radius 2 is 1.40 bits per heavy atom. The minimum atomic E-state index is -0.369. The molecule has 0 aliphatic carbocycles. The zero-order valence-electron chi connectivity index (χ0n) is 16.7. The molecule has 0 saturated carbocycles. The molecule has 0 unspecified atom stereocenters. The van der Waals surface area contributed by atoms with Crippen LogP contribution in [0.25, 0.3) is 22.0 Å². The summed E-state index contributed by atoms with van der Waals surface area (Å²) in [6, 6.07) is 32.7. The van der Waals surface area contributed by atoms with Crippen LogP contribution in [-0.2, 0) is 4.74 Å². The minimum Gasteiger partial charge on any atom is -0.449 e. The third-order valence-corrected chi connectivity index (χ3v) is 5.41. The molecule has 0 saturated heterocycles. The molecule has 0 radical (unpaired) electrons. The molecule has 0 fully saturated rings. The number of hydrogen-bond donors (Lipinski definition) is 0. The lowest BCUT2D eigenvalue weighted by Gasteiger charge is -2.33. The van der Waals surface area contributed by atoms with E-state index in [-0.39, 0.29) is 6.09 Å². The van der Waals surface area contributed by atoms with Gasteiger partial charge in [-0.1, -0.05) is 91.0 Å². The van der Waals surface area contributed by atoms with Gasteiger partial charge in [-0.25, -0.2) is 9.69 Å². The first-order chi connectivity index (χ1) is 14.8. The van der Waals surface area contributed by atoms with Crippen LogP contribution in [0.1, 0.15) is 23.6 Å². The van der Waals surface area contributed by atoms with Crippen LogP contribution >= 0.6 is 0 Å². The van der Waals surface area contributed by atoms with E-state index < -0.39 is 0 Å². The fourth-order valence-corrected chi connectivity index (χ4v) is 4.22. The minimum absolute atomic E-state index is 0.315. The molecule has 3 nitrogen and oxygen atoms in total. The molecule has 4 aromatic carbocycles. The number of ether oxygens (including phenoxy) is 1. The van der Waals surface area contributed by atoms with Crippen LogP contribution in [-0.4, -0.2) is 12.7 Å². The van der Waals surface area contributed by atoms with E-state index in [1.807, 2.05) is 67.6 Å². The van der Waals surface area contributed by atoms with Gasteiger partial charge in [0.15, 0.2) is 0 Å². The molecule has 0 aromatic heterocycles. The van der Waals surface area contributed by atoms with Crippen LogP contribution in [0.15, 0.2) is 97.1 Å². The predicted octanol–water partition coefficient (Wildman–Crippen LogP) is 6.73. The first-order valence-corrected chi connectivity index (χ1v) is 10.1. The van der Waals surface area contributed by atoms with E-state index in [2.05, 4.69) is 36.4 Å². The molecule has 0 spiro atoms. The molecular formula is C27H21NO2. The average Bonchev–Trinajstić information content (AvgIpc) is 2.80. The number of benzene rings is 4. The molecule has 1 aliphatic heterocycles. The van der Waals surface area contributed by atoms with Gasteiger partial charge in [0.1, 0.15) is 0 Å². The molecule has 1 amide bonds. The molecule has 0 bridgehead atoms. The van der Waals surface area contributed by atoms with Gasteiger partial charge in [0.05, 0.1) is 18.0 Å². The van der Waals surface area contributed by atoms with Crippen molar-refractivity contribution in [2.75, 3.05) is 11.5 Å². The normalized spacial score (nSPS) is 12.9. The zero-order chi connectivity index (χ0) is 20.5. The van der Waals surface area contributed by atoms with Gasteiger partial charge in [0, 0.05) is 11.0 Å². The lowest BCUT2D eigenvalue weighted by Crippen LogP contribution is -2.33. The van der Waals surface area contributed by atoms with E-state index >= 15 is 0 Å². The quantitative estimate of drug-likeness (QED) is 0.387. The summed E-state index contributed by atoms with van der Waals surface area (Å²) in [7, 11) is 0. The second-order valence-corrected chi connectivity index (χ2v) is 7.17. The summed E-state index contributed by atoms with van der Waals surface area (Å²) in [4.78, 5) is 15.0. The van der Waals surface area contributed by atoms with Crippen molar-refractivity contribution in [3.8, 4) is 0 Å². The number of hydrogen-bond acceptors (Lipinski definition) is 2. The largest absolute Gasteiger partial charge is 0.449 e. The molecule has 146 valence electrons. The molecule has 30 heavy (non-hydrogen) atoms. The standard InChI is InChI=1S/C27H21NO2/c1-2-30-27(29)28-23-18-10-16-19-15-9-17-22(24(19)23)25(20-11-5-3-6-12-20)26(28)21-13-7-4-8-14-21/h3-18H,2H2,1H3. The maximum absolute atomic E-state index is 13.3. The topological polar surface area (TPSA) is 29.5 Å². The van der Waals surface area contributed by atoms with Crippen molar-refractivity contribution in [2.24, 2.45) is 0 Å². The molecule has 0 N–H and O–H groups in total. The lowest BCUT2D eigenvalue weighted by atomic mass is 9.85. The van der Waals surface area contributed by atoms with Crippen molar-refractivity contribution >= 4 is 33.8 Å². The van der Waals surface area contributed by atoms with Crippen molar-refractivity contribution in [1.29, 1.82) is 0 Å². The van der Waals surface area contributed by atoms with Gasteiger partial charge >= 0.3 is 6.09 Å². The molecular weight excluding hydrogens is 370 g/mol. The number of carbonyl (C=O) groups is 1. The van der Waals surface area contributed by atoms with E-state index in [1.54, 1.807) is 4.90 Å². The monoisotopic (exact) mass is 391 g/mol. The fourth-order valence-electron chi connectivity index (χ4n) is 4.22. The highest BCUT2D eigenvalue weighted by molar-refractivity contribution is 6.23. The van der Waals surface area contributed by atoms with Crippen LogP contribution < -0.4 is 4.90 Å². The van der Waals surface area contributed by atoms with Crippen molar-refractivity contribution in [1.82, 2.24) is 0 Å². The van der Waals surface area contributed by atoms with Crippen LogP contribution in [0.5, 0.6) is 0 Å². The highest BCUT2D eigenvalue weighted by atomic mass is 16.6. The Labute approximate surface area is 175 Å². The second kappa shape index (κ2) is 7.53. The number of rotatable bonds is 3. The number of anilines is 1. The van der Waals surface area contributed by atoms with E-state index in [0.717, 1.165) is 44.4 Å². The summed E-state index contributed by atoms with van der Waals surface area (Å²) in [5.41, 5.74) is 5.86. The smallest absolute Gasteiger partial charge is 0.418 e. The van der Waals surface area contributed by atoms with E-state index in [9.17, 15) is 4.79 Å². The first-order valence-electron chi connectivity index (χ1n) is 10.1. The summed E-state index contributed by atoms with van der Waals surface area (Å²) in [5.74, 6) is 0. The number of nitrogens with zero attached hydrogens (tertiary/aromatic N) is 1. The Hall–Kier alpha value is -3.85. The third kappa shape index (κ3) is 2.87. The maximum atomic E-state index is 13.3. The molecule has 3 heteroatoms. The van der Waals surface area contributed by atoms with E-state index in [1.165, 1.54) is 0 Å². The summed E-state index contributed by atoms with van der Waals surface area (Å²) in [6.45, 7) is 2.15. The van der Waals surface area contributed by atoms with Gasteiger partial charge in [-0.2, -0.15) is 0 Å². The fraction of sp³-hybridized carbons (Fsp3) is 0.0741. The first kappa shape index (κ1) is 18.2. The Bertz CT molecular complexity index is 1250. The SMILES string of the molecule is CCOC(=O)N1C(c2ccccc2)=C(c2ccccc2)c2cccc3cccc1c23. The molecule has 1 heterocycles. The van der Waals surface area contributed by atoms with Gasteiger partial charge < -0.3 is 4.74 Å². The maximum Gasteiger partial charge on any atom is 0.418 e. The zero-order valence-corrected chi connectivity index (χ0v) is 16.7. The van der Waals surface area contributed by atoms with E-state index in [0.29, 0.717) is 6.61 Å². The van der Waals surface area contributed by atoms with Crippen molar-refractivity contribution in [2.45, 2.75) is 6.92 Å². The number of amides is 1. The number of carbonyl (C=O) groups excluding carboxylic acids is 1. The summed E-state index contributed by atoms with van der Waals surface area (Å²) >= 11 is 0. The van der Waals surface area contributed by atoms with Crippen molar-refractivity contribution in [3.63, 3.8) is 0 Å². The van der Waals surface area contributed by atoms with Crippen LogP contribution in [0, 0.1) is 0 Å². The Kier molecular flexibility index (Phi) is 4.56. The summed E-state index contributed by atoms with van der Waals surface area (Å²) in [5, 5.41) is 2.16. The van der Waals surface area contributed by atoms with Crippen molar-refractivity contribution < 1.29 is 9.53 Å².